The van der Waals surface area contributed by atoms with Gasteiger partial charge in [0, 0.05) is 20.6 Å². The molecule has 0 saturated carbocycles. The third-order valence-corrected chi connectivity index (χ3v) is 12.1. The predicted octanol–water partition coefficient (Wildman–Crippen LogP) is 11.7. The maximum absolute atomic E-state index is 2.51. The largest absolute Gasteiger partial charge is 0.308 e. The van der Waals surface area contributed by atoms with Gasteiger partial charge in [-0.15, -0.1) is 0 Å². The Morgan fingerprint density at radius 3 is 1.52 bits per heavy atom. The topological polar surface area (TPSA) is 4.93 Å². The first-order valence-corrected chi connectivity index (χ1v) is 16.6. The van der Waals surface area contributed by atoms with Crippen molar-refractivity contribution in [2.75, 3.05) is 0 Å². The van der Waals surface area contributed by atoms with Crippen molar-refractivity contribution in [3.05, 3.63) is 158 Å². The van der Waals surface area contributed by atoms with Crippen molar-refractivity contribution in [3.8, 4) is 16.8 Å². The lowest BCUT2D eigenvalue weighted by Gasteiger charge is -2.24. The molecule has 1 aromatic heterocycles. The van der Waals surface area contributed by atoms with Crippen LogP contribution in [0.15, 0.2) is 172 Å². The molecule has 44 heavy (non-hydrogen) atoms. The Labute approximate surface area is 258 Å². The van der Waals surface area contributed by atoms with E-state index in [2.05, 4.69) is 162 Å². The number of benzene rings is 8. The minimum absolute atomic E-state index is 0.801. The smallest absolute Gasteiger partial charge is 0.0593 e. The Morgan fingerprint density at radius 2 is 0.864 bits per heavy atom. The lowest BCUT2D eigenvalue weighted by molar-refractivity contribution is 1.13. The number of thiol groups is 1. The van der Waals surface area contributed by atoms with E-state index in [4.69, 9.17) is 0 Å². The zero-order valence-corrected chi connectivity index (χ0v) is 24.8. The van der Waals surface area contributed by atoms with Gasteiger partial charge in [-0.3, -0.25) is 0 Å². The van der Waals surface area contributed by atoms with Gasteiger partial charge in [0.05, 0.1) is 16.7 Å². The van der Waals surface area contributed by atoms with Crippen LogP contribution in [0.3, 0.4) is 0 Å². The van der Waals surface area contributed by atoms with Crippen LogP contribution in [0.25, 0.3) is 70.9 Å². The van der Waals surface area contributed by atoms with E-state index in [1.165, 1.54) is 85.6 Å². The number of hydrogen-bond donors (Lipinski definition) is 1. The fraction of sp³-hybridized carbons (Fsp3) is 0. The first kappa shape index (κ1) is 24.2. The molecule has 0 fully saturated rings. The summed E-state index contributed by atoms with van der Waals surface area (Å²) in [6.45, 7) is 0. The van der Waals surface area contributed by atoms with Gasteiger partial charge in [-0.1, -0.05) is 121 Å². The zero-order valence-electron chi connectivity index (χ0n) is 23.9. The second-order valence-electron chi connectivity index (χ2n) is 11.7. The second-order valence-corrected chi connectivity index (χ2v) is 13.8. The van der Waals surface area contributed by atoms with Gasteiger partial charge >= 0.3 is 0 Å². The molecule has 1 unspecified atom stereocenters. The molecule has 0 bridgehead atoms. The monoisotopic (exact) mass is 577 g/mol. The summed E-state index contributed by atoms with van der Waals surface area (Å²) in [7, 11) is -0.801. The van der Waals surface area contributed by atoms with Crippen molar-refractivity contribution < 1.29 is 0 Å². The molecule has 2 heteroatoms. The third kappa shape index (κ3) is 3.21. The number of rotatable bonds is 2. The lowest BCUT2D eigenvalue weighted by atomic mass is 9.94. The van der Waals surface area contributed by atoms with Crippen molar-refractivity contribution in [2.24, 2.45) is 0 Å². The van der Waals surface area contributed by atoms with Gasteiger partial charge < -0.3 is 4.57 Å². The molecular formula is C42H27NS. The van der Waals surface area contributed by atoms with Crippen LogP contribution >= 0.6 is 10.9 Å². The van der Waals surface area contributed by atoms with Crippen molar-refractivity contribution in [2.45, 2.75) is 14.7 Å². The van der Waals surface area contributed by atoms with Crippen LogP contribution in [0.5, 0.6) is 0 Å². The summed E-state index contributed by atoms with van der Waals surface area (Å²) in [4.78, 5) is 4.28. The Bertz CT molecular complexity index is 2540. The van der Waals surface area contributed by atoms with Crippen molar-refractivity contribution in [1.29, 1.82) is 0 Å². The molecular weight excluding hydrogens is 551 g/mol. The summed E-state index contributed by atoms with van der Waals surface area (Å²) in [5, 5.41) is 10.5. The minimum Gasteiger partial charge on any atom is -0.308 e. The standard InChI is InChI=1S/C42H27NS/c1-2-14-30-28(12-1)29-13-3-4-15-31(29)37-26-27(24-25-32(30)37)44-41-23-10-7-18-35(41)36-19-11-22-40(42(36)44)43-38-20-8-5-16-33(38)34-17-6-9-21-39(34)43/h1-26,44H. The van der Waals surface area contributed by atoms with E-state index in [0.717, 1.165) is 0 Å². The molecule has 0 spiro atoms. The first-order valence-electron chi connectivity index (χ1n) is 15.2. The molecule has 10 rings (SSSR count). The average Bonchev–Trinajstić information content (AvgIpc) is 3.62. The molecule has 1 aliphatic rings. The van der Waals surface area contributed by atoms with Crippen LogP contribution in [-0.2, 0) is 0 Å². The second kappa shape index (κ2) is 9.09. The van der Waals surface area contributed by atoms with E-state index in [1.807, 2.05) is 0 Å². The highest BCUT2D eigenvalue weighted by Gasteiger charge is 2.31. The molecule has 9 aromatic rings. The fourth-order valence-electron chi connectivity index (χ4n) is 7.67. The minimum atomic E-state index is -0.801. The summed E-state index contributed by atoms with van der Waals surface area (Å²) in [6.07, 6.45) is 0. The molecule has 1 nitrogen and oxygen atoms in total. The Hall–Kier alpha value is -5.31. The summed E-state index contributed by atoms with van der Waals surface area (Å²) in [6, 6.07) is 58.7. The van der Waals surface area contributed by atoms with Gasteiger partial charge in [0.15, 0.2) is 0 Å². The van der Waals surface area contributed by atoms with E-state index in [-0.39, 0.29) is 0 Å². The molecule has 8 aromatic carbocycles. The molecule has 0 radical (unpaired) electrons. The van der Waals surface area contributed by atoms with Gasteiger partial charge in [0.25, 0.3) is 0 Å². The summed E-state index contributed by atoms with van der Waals surface area (Å²) in [5.74, 6) is 0. The normalized spacial score (nSPS) is 15.0. The van der Waals surface area contributed by atoms with Crippen molar-refractivity contribution in [1.82, 2.24) is 4.57 Å². The van der Waals surface area contributed by atoms with Gasteiger partial charge in [-0.05, 0) is 84.7 Å². The van der Waals surface area contributed by atoms with E-state index >= 15 is 0 Å². The Kier molecular flexibility index (Phi) is 5.00. The van der Waals surface area contributed by atoms with Gasteiger partial charge in [0.2, 0.25) is 0 Å². The molecule has 1 atom stereocenters. The highest BCUT2D eigenvalue weighted by Crippen LogP contribution is 2.64. The van der Waals surface area contributed by atoms with E-state index in [0.29, 0.717) is 0 Å². The van der Waals surface area contributed by atoms with Crippen molar-refractivity contribution in [3.63, 3.8) is 0 Å². The van der Waals surface area contributed by atoms with Crippen LogP contribution in [0, 0.1) is 0 Å². The SMILES string of the molecule is c1ccc2c(c1)-c1cccc(-n3c4ccccc4c4ccccc43)c1[SH]2c1ccc2c3ccccc3c3ccccc3c2c1. The lowest BCUT2D eigenvalue weighted by Crippen LogP contribution is -1.98. The van der Waals surface area contributed by atoms with E-state index < -0.39 is 10.9 Å². The van der Waals surface area contributed by atoms with Crippen molar-refractivity contribution >= 4 is 65.0 Å². The van der Waals surface area contributed by atoms with Crippen LogP contribution < -0.4 is 0 Å². The number of fused-ring (bicyclic) bond motifs is 12. The third-order valence-electron chi connectivity index (χ3n) is 9.48. The first-order chi connectivity index (χ1) is 21.9. The molecule has 0 N–H and O–H groups in total. The number of hydrogen-bond acceptors (Lipinski definition) is 0. The molecule has 1 aliphatic heterocycles. The predicted molar refractivity (Wildman–Crippen MR) is 189 cm³/mol. The Morgan fingerprint density at radius 1 is 0.364 bits per heavy atom. The number of para-hydroxylation sites is 2. The fourth-order valence-corrected chi connectivity index (χ4v) is 10.4. The van der Waals surface area contributed by atoms with Gasteiger partial charge in [-0.2, -0.15) is 10.9 Å². The maximum atomic E-state index is 2.51. The molecule has 0 aliphatic carbocycles. The molecule has 0 amide bonds. The summed E-state index contributed by atoms with van der Waals surface area (Å²) < 4.78 is 2.51. The summed E-state index contributed by atoms with van der Waals surface area (Å²) >= 11 is 0. The van der Waals surface area contributed by atoms with E-state index in [9.17, 15) is 0 Å². The summed E-state index contributed by atoms with van der Waals surface area (Å²) in [5.41, 5.74) is 6.51. The number of aromatic nitrogens is 1. The molecule has 2 heterocycles. The highest BCUT2D eigenvalue weighted by molar-refractivity contribution is 8.17. The molecule has 206 valence electrons. The Balaban J connectivity index is 1.31. The van der Waals surface area contributed by atoms with Gasteiger partial charge in [0.1, 0.15) is 0 Å². The molecule has 0 saturated heterocycles. The van der Waals surface area contributed by atoms with Crippen LogP contribution in [-0.4, -0.2) is 4.57 Å². The number of nitrogens with zero attached hydrogens (tertiary/aromatic N) is 1. The quantitative estimate of drug-likeness (QED) is 0.154. The maximum Gasteiger partial charge on any atom is 0.0593 e. The van der Waals surface area contributed by atoms with Crippen LogP contribution in [0.1, 0.15) is 0 Å². The highest BCUT2D eigenvalue weighted by atomic mass is 32.2. The zero-order chi connectivity index (χ0) is 28.8. The van der Waals surface area contributed by atoms with Crippen LogP contribution in [0.4, 0.5) is 0 Å². The van der Waals surface area contributed by atoms with Gasteiger partial charge in [-0.25, -0.2) is 0 Å². The van der Waals surface area contributed by atoms with Crippen LogP contribution in [0.2, 0.25) is 0 Å². The average molecular weight is 578 g/mol. The van der Waals surface area contributed by atoms with E-state index in [1.54, 1.807) is 0 Å².